The van der Waals surface area contributed by atoms with E-state index in [-0.39, 0.29) is 47.7 Å². The summed E-state index contributed by atoms with van der Waals surface area (Å²) in [5.41, 5.74) is 5.71. The van der Waals surface area contributed by atoms with Crippen molar-refractivity contribution in [2.24, 2.45) is 5.41 Å². The second-order valence-electron chi connectivity index (χ2n) is 16.9. The Hall–Kier alpha value is -5.78. The molecule has 4 fully saturated rings. The maximum absolute atomic E-state index is 13.5. The number of amides is 6. The number of fused-ring (bicyclic) bond motifs is 2. The highest BCUT2D eigenvalue weighted by atomic mass is 35.5. The van der Waals surface area contributed by atoms with Crippen LogP contribution >= 0.6 is 11.6 Å². The van der Waals surface area contributed by atoms with E-state index in [0.29, 0.717) is 61.5 Å². The maximum Gasteiger partial charge on any atom is 0.262 e. The van der Waals surface area contributed by atoms with Crippen LogP contribution in [0.5, 0.6) is 0 Å². The van der Waals surface area contributed by atoms with E-state index in [1.807, 2.05) is 41.3 Å². The molecular formula is C44H45ClN8O6. The third kappa shape index (κ3) is 7.10. The molecule has 3 aromatic rings. The standard InChI is InChI=1S/C44H45ClN8O6/c1-27-21-44(26-52(27)33-7-4-29(22-46)36(45)20-33)10-12-49(13-11-44)32-5-2-28(3-6-32)41(57)51-16-14-50(15-17-51)39(55)25-48-23-30-18-34-35(19-31(30)24-48)43(59)53(42(34)58)37-8-9-38(54)47-40(37)56/h2-7,18-20,27,37H,8-17,21,23-26H2,1H3,(H,47,54,56)/t27-,37?/m0/s1. The first-order chi connectivity index (χ1) is 28.4. The molecular weight excluding hydrogens is 772 g/mol. The van der Waals surface area contributed by atoms with Crippen LogP contribution in [0.4, 0.5) is 11.4 Å². The van der Waals surface area contributed by atoms with Gasteiger partial charge in [0.05, 0.1) is 28.3 Å². The molecule has 6 aliphatic heterocycles. The number of carbonyl (C=O) groups excluding carboxylic acids is 6. The molecule has 59 heavy (non-hydrogen) atoms. The summed E-state index contributed by atoms with van der Waals surface area (Å²) in [6.07, 6.45) is 3.42. The molecule has 0 radical (unpaired) electrons. The van der Waals surface area contributed by atoms with Crippen molar-refractivity contribution in [3.05, 3.63) is 93.0 Å². The van der Waals surface area contributed by atoms with Gasteiger partial charge in [0, 0.05) is 88.3 Å². The normalized spacial score (nSPS) is 22.8. The number of piperazine rings is 1. The van der Waals surface area contributed by atoms with Gasteiger partial charge in [-0.2, -0.15) is 5.26 Å². The van der Waals surface area contributed by atoms with Gasteiger partial charge in [0.2, 0.25) is 17.7 Å². The molecule has 6 amide bonds. The van der Waals surface area contributed by atoms with Crippen molar-refractivity contribution < 1.29 is 28.8 Å². The number of carbonyl (C=O) groups is 6. The van der Waals surface area contributed by atoms with E-state index in [0.717, 1.165) is 66.3 Å². The van der Waals surface area contributed by atoms with E-state index < -0.39 is 29.7 Å². The first kappa shape index (κ1) is 38.7. The zero-order valence-corrected chi connectivity index (χ0v) is 33.7. The monoisotopic (exact) mass is 816 g/mol. The molecule has 15 heteroatoms. The number of benzene rings is 3. The van der Waals surface area contributed by atoms with Gasteiger partial charge in [-0.3, -0.25) is 43.9 Å². The molecule has 0 saturated carbocycles. The van der Waals surface area contributed by atoms with Gasteiger partial charge in [-0.15, -0.1) is 0 Å². The van der Waals surface area contributed by atoms with Crippen molar-refractivity contribution in [1.82, 2.24) is 24.9 Å². The molecule has 304 valence electrons. The Kier molecular flexibility index (Phi) is 9.92. The van der Waals surface area contributed by atoms with Crippen molar-refractivity contribution in [2.75, 3.05) is 62.2 Å². The number of nitrogens with one attached hydrogen (secondary N) is 1. The quantitative estimate of drug-likeness (QED) is 0.363. The summed E-state index contributed by atoms with van der Waals surface area (Å²) >= 11 is 6.37. The minimum Gasteiger partial charge on any atom is -0.371 e. The SMILES string of the molecule is C[C@H]1CC2(CCN(c3ccc(C(=O)N4CCN(C(=O)CN5Cc6cc7c(cc6C5)C(=O)N(C5CCC(=O)NC5=O)C7=O)CC4)cc3)CC2)CN1c1ccc(C#N)c(Cl)c1. The van der Waals surface area contributed by atoms with Crippen molar-refractivity contribution in [1.29, 1.82) is 5.26 Å². The topological polar surface area (TPSA) is 158 Å². The largest absolute Gasteiger partial charge is 0.371 e. The third-order valence-corrected chi connectivity index (χ3v) is 13.6. The van der Waals surface area contributed by atoms with Gasteiger partial charge in [0.25, 0.3) is 17.7 Å². The first-order valence-corrected chi connectivity index (χ1v) is 20.8. The Morgan fingerprint density at radius 1 is 0.847 bits per heavy atom. The Morgan fingerprint density at radius 3 is 2.08 bits per heavy atom. The zero-order chi connectivity index (χ0) is 41.2. The number of nitriles is 1. The van der Waals surface area contributed by atoms with Crippen molar-refractivity contribution in [2.45, 2.75) is 64.2 Å². The van der Waals surface area contributed by atoms with Crippen LogP contribution in [0.15, 0.2) is 54.6 Å². The summed E-state index contributed by atoms with van der Waals surface area (Å²) in [4.78, 5) is 88.9. The molecule has 14 nitrogen and oxygen atoms in total. The molecule has 4 saturated heterocycles. The van der Waals surface area contributed by atoms with Crippen molar-refractivity contribution in [3.8, 4) is 6.07 Å². The molecule has 2 atom stereocenters. The Labute approximate surface area is 347 Å². The molecule has 0 bridgehead atoms. The van der Waals surface area contributed by atoms with Gasteiger partial charge in [-0.25, -0.2) is 0 Å². The fourth-order valence-corrected chi connectivity index (χ4v) is 10.3. The number of rotatable bonds is 6. The van der Waals surface area contributed by atoms with Crippen LogP contribution in [0.25, 0.3) is 0 Å². The predicted molar refractivity (Wildman–Crippen MR) is 218 cm³/mol. The minimum absolute atomic E-state index is 0.0419. The molecule has 6 aliphatic rings. The van der Waals surface area contributed by atoms with Crippen LogP contribution in [-0.4, -0.2) is 119 Å². The molecule has 1 unspecified atom stereocenters. The van der Waals surface area contributed by atoms with Crippen LogP contribution < -0.4 is 15.1 Å². The zero-order valence-electron chi connectivity index (χ0n) is 32.9. The minimum atomic E-state index is -1.02. The van der Waals surface area contributed by atoms with Gasteiger partial charge in [-0.1, -0.05) is 11.6 Å². The number of nitrogens with zero attached hydrogens (tertiary/aromatic N) is 7. The number of piperidine rings is 2. The Balaban J connectivity index is 0.739. The molecule has 0 aromatic heterocycles. The summed E-state index contributed by atoms with van der Waals surface area (Å²) in [5, 5.41) is 12.0. The van der Waals surface area contributed by atoms with E-state index in [1.165, 1.54) is 0 Å². The predicted octanol–water partition coefficient (Wildman–Crippen LogP) is 3.80. The highest BCUT2D eigenvalue weighted by Gasteiger charge is 2.46. The van der Waals surface area contributed by atoms with Gasteiger partial charge in [0.15, 0.2) is 0 Å². The molecule has 1 N–H and O–H groups in total. The summed E-state index contributed by atoms with van der Waals surface area (Å²) < 4.78 is 0. The van der Waals surface area contributed by atoms with Crippen LogP contribution in [-0.2, 0) is 27.5 Å². The Bertz CT molecular complexity index is 2280. The van der Waals surface area contributed by atoms with Crippen LogP contribution in [0.3, 0.4) is 0 Å². The van der Waals surface area contributed by atoms with Crippen LogP contribution in [0.1, 0.15) is 86.8 Å². The first-order valence-electron chi connectivity index (χ1n) is 20.4. The second kappa shape index (κ2) is 15.1. The van der Waals surface area contributed by atoms with E-state index in [4.69, 9.17) is 11.6 Å². The molecule has 6 heterocycles. The molecule has 9 rings (SSSR count). The second-order valence-corrected chi connectivity index (χ2v) is 17.3. The lowest BCUT2D eigenvalue weighted by Crippen LogP contribution is -2.54. The third-order valence-electron chi connectivity index (χ3n) is 13.3. The van der Waals surface area contributed by atoms with Crippen molar-refractivity contribution >= 4 is 58.4 Å². The van der Waals surface area contributed by atoms with Gasteiger partial charge in [-0.05, 0) is 104 Å². The fraction of sp³-hybridized carbons (Fsp3) is 0.432. The molecule has 0 aliphatic carbocycles. The summed E-state index contributed by atoms with van der Waals surface area (Å²) in [6.45, 7) is 7.88. The Morgan fingerprint density at radius 2 is 1.47 bits per heavy atom. The van der Waals surface area contributed by atoms with Gasteiger partial charge < -0.3 is 19.6 Å². The number of hydrogen-bond acceptors (Lipinski definition) is 10. The maximum atomic E-state index is 13.5. The number of imide groups is 2. The van der Waals surface area contributed by atoms with E-state index in [1.54, 1.807) is 28.0 Å². The van der Waals surface area contributed by atoms with E-state index in [9.17, 15) is 34.0 Å². The average molecular weight is 817 g/mol. The van der Waals surface area contributed by atoms with Crippen molar-refractivity contribution in [3.63, 3.8) is 0 Å². The van der Waals surface area contributed by atoms with Gasteiger partial charge in [0.1, 0.15) is 12.1 Å². The lowest BCUT2D eigenvalue weighted by atomic mass is 9.76. The van der Waals surface area contributed by atoms with E-state index in [2.05, 4.69) is 28.1 Å². The number of hydrogen-bond donors (Lipinski definition) is 1. The molecule has 1 spiro atoms. The van der Waals surface area contributed by atoms with Gasteiger partial charge >= 0.3 is 0 Å². The number of halogens is 1. The fourth-order valence-electron chi connectivity index (χ4n) is 10.0. The smallest absolute Gasteiger partial charge is 0.262 e. The highest BCUT2D eigenvalue weighted by Crippen LogP contribution is 2.46. The highest BCUT2D eigenvalue weighted by molar-refractivity contribution is 6.32. The van der Waals surface area contributed by atoms with Crippen LogP contribution in [0.2, 0.25) is 5.02 Å². The summed E-state index contributed by atoms with van der Waals surface area (Å²) in [6, 6.07) is 18.5. The summed E-state index contributed by atoms with van der Waals surface area (Å²) in [5.74, 6) is -2.24. The van der Waals surface area contributed by atoms with Crippen LogP contribution in [0, 0.1) is 16.7 Å². The molecule has 3 aromatic carbocycles. The van der Waals surface area contributed by atoms with E-state index >= 15 is 0 Å². The lowest BCUT2D eigenvalue weighted by Gasteiger charge is -2.40. The summed E-state index contributed by atoms with van der Waals surface area (Å²) in [7, 11) is 0. The number of anilines is 2. The lowest BCUT2D eigenvalue weighted by molar-refractivity contribution is -0.136. The average Bonchev–Trinajstić information content (AvgIpc) is 3.86.